The largest absolute Gasteiger partial charge is 0.419 e. The molecule has 3 heterocycles. The number of nitrogens with two attached hydrogens (primary N) is 1. The van der Waals surface area contributed by atoms with Crippen molar-refractivity contribution in [2.24, 2.45) is 5.73 Å². The van der Waals surface area contributed by atoms with E-state index in [9.17, 15) is 22.8 Å². The van der Waals surface area contributed by atoms with Crippen LogP contribution in [-0.2, 0) is 17.5 Å². The van der Waals surface area contributed by atoms with Crippen LogP contribution in [0, 0.1) is 0 Å². The van der Waals surface area contributed by atoms with Crippen molar-refractivity contribution in [1.82, 2.24) is 25.1 Å². The number of hydrogen-bond donors (Lipinski definition) is 2. The summed E-state index contributed by atoms with van der Waals surface area (Å²) in [7, 11) is 0. The van der Waals surface area contributed by atoms with E-state index >= 15 is 0 Å². The Morgan fingerprint density at radius 2 is 1.85 bits per heavy atom. The number of aryl methyl sites for hydroxylation is 1. The molecule has 180 valence electrons. The lowest BCUT2D eigenvalue weighted by molar-refractivity contribution is -0.138. The number of nitrogens with one attached hydrogen (secondary N) is 1. The molecule has 1 fully saturated rings. The van der Waals surface area contributed by atoms with E-state index in [0.29, 0.717) is 56.4 Å². The van der Waals surface area contributed by atoms with Crippen molar-refractivity contribution in [3.8, 4) is 0 Å². The normalized spacial score (nSPS) is 15.0. The summed E-state index contributed by atoms with van der Waals surface area (Å²) in [5, 5.41) is 8.23. The van der Waals surface area contributed by atoms with Crippen LogP contribution in [0.4, 0.5) is 19.1 Å². The number of aromatic nitrogens is 4. The van der Waals surface area contributed by atoms with Crippen molar-refractivity contribution in [2.75, 3.05) is 18.0 Å². The molecule has 1 aliphatic rings. The molecule has 0 unspecified atom stereocenters. The molecule has 2 amide bonds. The van der Waals surface area contributed by atoms with Crippen LogP contribution in [0.15, 0.2) is 36.8 Å². The molecule has 3 N–H and O–H groups in total. The van der Waals surface area contributed by atoms with Gasteiger partial charge in [-0.15, -0.1) is 0 Å². The summed E-state index contributed by atoms with van der Waals surface area (Å²) in [6.45, 7) is 1.60. The van der Waals surface area contributed by atoms with Gasteiger partial charge in [0.05, 0.1) is 11.1 Å². The lowest BCUT2D eigenvalue weighted by Crippen LogP contribution is -2.45. The van der Waals surface area contributed by atoms with Gasteiger partial charge in [0.25, 0.3) is 5.91 Å². The molecule has 2 aromatic heterocycles. The number of anilines is 1. The van der Waals surface area contributed by atoms with Gasteiger partial charge in [0.2, 0.25) is 11.9 Å². The molecule has 9 nitrogen and oxygen atoms in total. The van der Waals surface area contributed by atoms with Crippen molar-refractivity contribution >= 4 is 28.7 Å². The van der Waals surface area contributed by atoms with Crippen LogP contribution in [-0.4, -0.2) is 50.7 Å². The third-order valence-electron chi connectivity index (χ3n) is 5.75. The van der Waals surface area contributed by atoms with Gasteiger partial charge < -0.3 is 16.0 Å². The Hall–Kier alpha value is -3.70. The molecule has 1 aromatic carbocycles. The van der Waals surface area contributed by atoms with Gasteiger partial charge in [-0.05, 0) is 25.3 Å². The molecule has 0 atom stereocenters. The fraction of sp³-hybridized carbons (Fsp3) is 0.409. The highest BCUT2D eigenvalue weighted by molar-refractivity contribution is 6.04. The number of alkyl halides is 3. The molecule has 1 aliphatic heterocycles. The third kappa shape index (κ3) is 5.43. The Kier molecular flexibility index (Phi) is 6.66. The average Bonchev–Trinajstić information content (AvgIpc) is 3.22. The summed E-state index contributed by atoms with van der Waals surface area (Å²) in [5.41, 5.74) is 5.42. The van der Waals surface area contributed by atoms with E-state index in [-0.39, 0.29) is 17.9 Å². The zero-order valence-corrected chi connectivity index (χ0v) is 18.3. The standard InChI is InChI=1S/C22H24F3N7O2/c23-22(24,25)15-11-27-21(28-12-15)31-9-6-16(7-10-31)29-18(33)5-2-8-32-13-14-3-1-4-17(20(26)34)19(14)30-32/h1,3-4,11-13,16H,2,5-10H2,(H2,26,34)(H,29,33). The van der Waals surface area contributed by atoms with E-state index < -0.39 is 17.6 Å². The van der Waals surface area contributed by atoms with Gasteiger partial charge >= 0.3 is 6.18 Å². The molecule has 0 saturated carbocycles. The van der Waals surface area contributed by atoms with E-state index in [0.717, 1.165) is 17.8 Å². The Morgan fingerprint density at radius 1 is 1.15 bits per heavy atom. The molecule has 0 aliphatic carbocycles. The molecule has 0 spiro atoms. The molecule has 4 rings (SSSR count). The maximum Gasteiger partial charge on any atom is 0.419 e. The maximum atomic E-state index is 12.7. The minimum atomic E-state index is -4.47. The number of benzene rings is 1. The highest BCUT2D eigenvalue weighted by Gasteiger charge is 2.32. The number of primary amides is 1. The zero-order valence-electron chi connectivity index (χ0n) is 18.3. The smallest absolute Gasteiger partial charge is 0.366 e. The van der Waals surface area contributed by atoms with Gasteiger partial charge in [0, 0.05) is 56.1 Å². The predicted octanol–water partition coefficient (Wildman–Crippen LogP) is 2.51. The summed E-state index contributed by atoms with van der Waals surface area (Å²) in [6, 6.07) is 5.21. The average molecular weight is 475 g/mol. The van der Waals surface area contributed by atoms with Crippen molar-refractivity contribution in [3.05, 3.63) is 47.9 Å². The lowest BCUT2D eigenvalue weighted by Gasteiger charge is -2.32. The monoisotopic (exact) mass is 475 g/mol. The van der Waals surface area contributed by atoms with Crippen LogP contribution in [0.25, 0.3) is 10.9 Å². The number of hydrogen-bond acceptors (Lipinski definition) is 6. The van der Waals surface area contributed by atoms with Gasteiger partial charge in [-0.1, -0.05) is 12.1 Å². The number of amides is 2. The topological polar surface area (TPSA) is 119 Å². The van der Waals surface area contributed by atoms with Gasteiger partial charge in [-0.25, -0.2) is 9.97 Å². The first-order valence-corrected chi connectivity index (χ1v) is 10.9. The van der Waals surface area contributed by atoms with Crippen LogP contribution >= 0.6 is 0 Å². The number of nitrogens with zero attached hydrogens (tertiary/aromatic N) is 5. The number of fused-ring (bicyclic) bond motifs is 1. The summed E-state index contributed by atoms with van der Waals surface area (Å²) in [6.07, 6.45) is 1.12. The number of carbonyl (C=O) groups is 2. The fourth-order valence-corrected chi connectivity index (χ4v) is 3.96. The van der Waals surface area contributed by atoms with Crippen LogP contribution in [0.5, 0.6) is 0 Å². The third-order valence-corrected chi connectivity index (χ3v) is 5.75. The number of piperidine rings is 1. The first-order valence-electron chi connectivity index (χ1n) is 10.9. The van der Waals surface area contributed by atoms with E-state index in [1.165, 1.54) is 0 Å². The van der Waals surface area contributed by atoms with Crippen LogP contribution < -0.4 is 16.0 Å². The predicted molar refractivity (Wildman–Crippen MR) is 118 cm³/mol. The summed E-state index contributed by atoms with van der Waals surface area (Å²) in [4.78, 5) is 33.4. The van der Waals surface area contributed by atoms with Gasteiger partial charge in [-0.2, -0.15) is 18.3 Å². The Bertz CT molecular complexity index is 1170. The quantitative estimate of drug-likeness (QED) is 0.542. The van der Waals surface area contributed by atoms with E-state index in [1.807, 2.05) is 17.2 Å². The lowest BCUT2D eigenvalue weighted by atomic mass is 10.0. The first-order chi connectivity index (χ1) is 16.2. The first kappa shape index (κ1) is 23.5. The van der Waals surface area contributed by atoms with E-state index in [1.54, 1.807) is 16.8 Å². The summed E-state index contributed by atoms with van der Waals surface area (Å²) in [5.74, 6) is -0.353. The van der Waals surface area contributed by atoms with E-state index in [4.69, 9.17) is 5.73 Å². The molecule has 0 bridgehead atoms. The SMILES string of the molecule is NC(=O)c1cccc2cn(CCCC(=O)NC3CCN(c4ncc(C(F)(F)F)cn4)CC3)nc12. The second-order valence-electron chi connectivity index (χ2n) is 8.20. The molecular weight excluding hydrogens is 451 g/mol. The molecule has 3 aromatic rings. The Morgan fingerprint density at radius 3 is 2.50 bits per heavy atom. The highest BCUT2D eigenvalue weighted by Crippen LogP contribution is 2.28. The van der Waals surface area contributed by atoms with Gasteiger partial charge in [-0.3, -0.25) is 14.3 Å². The van der Waals surface area contributed by atoms with Crippen molar-refractivity contribution in [1.29, 1.82) is 0 Å². The van der Waals surface area contributed by atoms with Gasteiger partial charge in [0.15, 0.2) is 0 Å². The minimum absolute atomic E-state index is 0.0105. The van der Waals surface area contributed by atoms with Crippen LogP contribution in [0.3, 0.4) is 0 Å². The number of rotatable bonds is 7. The van der Waals surface area contributed by atoms with Crippen molar-refractivity contribution in [3.63, 3.8) is 0 Å². The summed E-state index contributed by atoms with van der Waals surface area (Å²) >= 11 is 0. The maximum absolute atomic E-state index is 12.7. The minimum Gasteiger partial charge on any atom is -0.366 e. The Labute approximate surface area is 193 Å². The van der Waals surface area contributed by atoms with Crippen molar-refractivity contribution < 1.29 is 22.8 Å². The fourth-order valence-electron chi connectivity index (χ4n) is 3.96. The van der Waals surface area contributed by atoms with E-state index in [2.05, 4.69) is 20.4 Å². The Balaban J connectivity index is 1.21. The van der Waals surface area contributed by atoms with Crippen LogP contribution in [0.2, 0.25) is 0 Å². The second kappa shape index (κ2) is 9.65. The molecule has 1 saturated heterocycles. The molecule has 34 heavy (non-hydrogen) atoms. The highest BCUT2D eigenvalue weighted by atomic mass is 19.4. The zero-order chi connectivity index (χ0) is 24.3. The van der Waals surface area contributed by atoms with Gasteiger partial charge in [0.1, 0.15) is 5.52 Å². The molecular formula is C22H24F3N7O2. The van der Waals surface area contributed by atoms with Crippen molar-refractivity contribution in [2.45, 2.75) is 44.4 Å². The van der Waals surface area contributed by atoms with Crippen LogP contribution in [0.1, 0.15) is 41.6 Å². The molecule has 0 radical (unpaired) electrons. The number of carbonyl (C=O) groups excluding carboxylic acids is 2. The second-order valence-corrected chi connectivity index (χ2v) is 8.20. The summed E-state index contributed by atoms with van der Waals surface area (Å²) < 4.78 is 39.7. The number of halogens is 3. The molecule has 12 heteroatoms.